The summed E-state index contributed by atoms with van der Waals surface area (Å²) in [5.41, 5.74) is 1.36. The highest BCUT2D eigenvalue weighted by Crippen LogP contribution is 2.21. The van der Waals surface area contributed by atoms with Crippen LogP contribution in [0, 0.1) is 0 Å². The van der Waals surface area contributed by atoms with Crippen LogP contribution in [0.1, 0.15) is 22.8 Å². The largest absolute Gasteiger partial charge is 0.462 e. The van der Waals surface area contributed by atoms with Gasteiger partial charge in [0, 0.05) is 11.5 Å². The molecule has 76 valence electrons. The van der Waals surface area contributed by atoms with E-state index in [4.69, 9.17) is 4.74 Å². The van der Waals surface area contributed by atoms with Crippen LogP contribution in [-0.2, 0) is 10.1 Å². The van der Waals surface area contributed by atoms with Gasteiger partial charge in [0.15, 0.2) is 0 Å². The fourth-order valence-electron chi connectivity index (χ4n) is 1.00. The van der Waals surface area contributed by atoms with Gasteiger partial charge in [0.2, 0.25) is 0 Å². The van der Waals surface area contributed by atoms with Crippen molar-refractivity contribution in [1.29, 1.82) is 0 Å². The molecule has 0 radical (unpaired) electrons. The molecule has 0 aromatic carbocycles. The highest BCUT2D eigenvalue weighted by atomic mass is 79.9. The zero-order chi connectivity index (χ0) is 10.6. The molecule has 1 aromatic rings. The smallest absolute Gasteiger partial charge is 0.341 e. The molecule has 0 saturated heterocycles. The molecular formula is C9H9Br2NO2. The quantitative estimate of drug-likeness (QED) is 0.488. The Labute approximate surface area is 99.1 Å². The number of aromatic nitrogens is 1. The average Bonchev–Trinajstić information content (AvgIpc) is 2.17. The van der Waals surface area contributed by atoms with E-state index < -0.39 is 0 Å². The molecule has 0 spiro atoms. The molecule has 14 heavy (non-hydrogen) atoms. The fourth-order valence-corrected chi connectivity index (χ4v) is 2.00. The molecule has 0 unspecified atom stereocenters. The summed E-state index contributed by atoms with van der Waals surface area (Å²) in [6.07, 6.45) is 1.64. The number of hydrogen-bond acceptors (Lipinski definition) is 3. The van der Waals surface area contributed by atoms with Crippen molar-refractivity contribution in [2.24, 2.45) is 0 Å². The zero-order valence-corrected chi connectivity index (χ0v) is 10.8. The first-order valence-electron chi connectivity index (χ1n) is 4.07. The van der Waals surface area contributed by atoms with Crippen LogP contribution in [0.5, 0.6) is 0 Å². The molecule has 1 aromatic heterocycles. The van der Waals surface area contributed by atoms with Crippen molar-refractivity contribution in [3.05, 3.63) is 28.0 Å². The number of nitrogens with zero attached hydrogens (tertiary/aromatic N) is 1. The third-order valence-corrected chi connectivity index (χ3v) is 2.82. The van der Waals surface area contributed by atoms with Crippen LogP contribution in [0.25, 0.3) is 0 Å². The monoisotopic (exact) mass is 321 g/mol. The number of rotatable bonds is 3. The maximum Gasteiger partial charge on any atom is 0.341 e. The van der Waals surface area contributed by atoms with Crippen molar-refractivity contribution in [3.8, 4) is 0 Å². The van der Waals surface area contributed by atoms with Gasteiger partial charge in [-0.1, -0.05) is 15.9 Å². The van der Waals surface area contributed by atoms with E-state index in [9.17, 15) is 4.79 Å². The lowest BCUT2D eigenvalue weighted by atomic mass is 10.2. The Hall–Kier alpha value is -0.420. The first kappa shape index (κ1) is 11.7. The molecule has 0 amide bonds. The van der Waals surface area contributed by atoms with E-state index in [2.05, 4.69) is 36.8 Å². The van der Waals surface area contributed by atoms with Gasteiger partial charge < -0.3 is 4.74 Å². The Bertz CT molecular complexity index is 342. The predicted octanol–water partition coefficient (Wildman–Crippen LogP) is 2.92. The molecule has 0 aliphatic carbocycles. The molecule has 0 atom stereocenters. The lowest BCUT2D eigenvalue weighted by Crippen LogP contribution is -2.09. The van der Waals surface area contributed by atoms with Crippen LogP contribution < -0.4 is 0 Å². The topological polar surface area (TPSA) is 39.2 Å². The number of ether oxygens (including phenoxy) is 1. The van der Waals surface area contributed by atoms with E-state index in [0.29, 0.717) is 22.1 Å². The van der Waals surface area contributed by atoms with Crippen molar-refractivity contribution in [2.45, 2.75) is 12.3 Å². The number of halogens is 2. The molecule has 1 rings (SSSR count). The van der Waals surface area contributed by atoms with Crippen LogP contribution in [0.3, 0.4) is 0 Å². The molecule has 0 aliphatic rings. The van der Waals surface area contributed by atoms with Gasteiger partial charge in [-0.25, -0.2) is 9.78 Å². The Morgan fingerprint density at radius 1 is 1.64 bits per heavy atom. The summed E-state index contributed by atoms with van der Waals surface area (Å²) in [6, 6.07) is 1.78. The number of carbonyl (C=O) groups excluding carboxylic acids is 1. The molecule has 1 heterocycles. The number of alkyl halides is 1. The Morgan fingerprint density at radius 3 is 2.93 bits per heavy atom. The molecule has 0 saturated carbocycles. The number of hydrogen-bond donors (Lipinski definition) is 0. The second kappa shape index (κ2) is 5.46. The minimum Gasteiger partial charge on any atom is -0.462 e. The van der Waals surface area contributed by atoms with Crippen LogP contribution in [0.2, 0.25) is 0 Å². The number of pyridine rings is 1. The van der Waals surface area contributed by atoms with Crippen LogP contribution >= 0.6 is 31.9 Å². The normalized spacial score (nSPS) is 9.93. The van der Waals surface area contributed by atoms with E-state index in [0.717, 1.165) is 5.56 Å². The molecule has 0 N–H and O–H groups in total. The third kappa shape index (κ3) is 2.54. The molecule has 5 heteroatoms. The fraction of sp³-hybridized carbons (Fsp3) is 0.333. The predicted molar refractivity (Wildman–Crippen MR) is 60.5 cm³/mol. The SMILES string of the molecule is CCOC(=O)c1c(CBr)ccnc1Br. The maximum atomic E-state index is 11.5. The lowest BCUT2D eigenvalue weighted by Gasteiger charge is -2.07. The van der Waals surface area contributed by atoms with Gasteiger partial charge in [-0.2, -0.15) is 0 Å². The molecule has 0 aliphatic heterocycles. The minimum absolute atomic E-state index is 0.345. The van der Waals surface area contributed by atoms with Crippen LogP contribution in [0.15, 0.2) is 16.9 Å². The maximum absolute atomic E-state index is 11.5. The first-order valence-corrected chi connectivity index (χ1v) is 5.98. The van der Waals surface area contributed by atoms with Gasteiger partial charge >= 0.3 is 5.97 Å². The third-order valence-electron chi connectivity index (χ3n) is 1.61. The van der Waals surface area contributed by atoms with E-state index in [-0.39, 0.29) is 5.97 Å². The average molecular weight is 323 g/mol. The van der Waals surface area contributed by atoms with Crippen molar-refractivity contribution < 1.29 is 9.53 Å². The highest BCUT2D eigenvalue weighted by Gasteiger charge is 2.16. The number of esters is 1. The summed E-state index contributed by atoms with van der Waals surface area (Å²) in [6.45, 7) is 2.14. The van der Waals surface area contributed by atoms with Gasteiger partial charge in [0.1, 0.15) is 4.60 Å². The van der Waals surface area contributed by atoms with E-state index in [1.165, 1.54) is 0 Å². The van der Waals surface area contributed by atoms with Gasteiger partial charge in [-0.15, -0.1) is 0 Å². The molecule has 0 bridgehead atoms. The second-order valence-electron chi connectivity index (χ2n) is 2.49. The van der Waals surface area contributed by atoms with Gasteiger partial charge in [-0.05, 0) is 34.5 Å². The summed E-state index contributed by atoms with van der Waals surface area (Å²) in [5, 5.41) is 0.599. The molecular weight excluding hydrogens is 314 g/mol. The number of carbonyl (C=O) groups is 1. The van der Waals surface area contributed by atoms with Crippen molar-refractivity contribution in [1.82, 2.24) is 4.98 Å². The van der Waals surface area contributed by atoms with Crippen molar-refractivity contribution in [3.63, 3.8) is 0 Å². The Kier molecular flexibility index (Phi) is 4.54. The summed E-state index contributed by atoms with van der Waals surface area (Å²) in [4.78, 5) is 15.5. The first-order chi connectivity index (χ1) is 6.70. The van der Waals surface area contributed by atoms with Gasteiger partial charge in [0.25, 0.3) is 0 Å². The second-order valence-corrected chi connectivity index (χ2v) is 3.80. The lowest BCUT2D eigenvalue weighted by molar-refractivity contribution is 0.0524. The summed E-state index contributed by atoms with van der Waals surface area (Å²) in [7, 11) is 0. The van der Waals surface area contributed by atoms with Gasteiger partial charge in [0.05, 0.1) is 12.2 Å². The molecule has 3 nitrogen and oxygen atoms in total. The molecule has 0 fully saturated rings. The van der Waals surface area contributed by atoms with Crippen molar-refractivity contribution in [2.75, 3.05) is 6.61 Å². The Morgan fingerprint density at radius 2 is 2.36 bits per heavy atom. The summed E-state index contributed by atoms with van der Waals surface area (Å²) in [5.74, 6) is -0.345. The summed E-state index contributed by atoms with van der Waals surface area (Å²) >= 11 is 6.53. The van der Waals surface area contributed by atoms with E-state index in [1.807, 2.05) is 0 Å². The zero-order valence-electron chi connectivity index (χ0n) is 7.59. The van der Waals surface area contributed by atoms with Crippen LogP contribution in [-0.4, -0.2) is 17.6 Å². The van der Waals surface area contributed by atoms with E-state index in [1.54, 1.807) is 19.2 Å². The minimum atomic E-state index is -0.345. The Balaban J connectivity index is 3.10. The van der Waals surface area contributed by atoms with Crippen LogP contribution in [0.4, 0.5) is 0 Å². The van der Waals surface area contributed by atoms with Gasteiger partial charge in [-0.3, -0.25) is 0 Å². The van der Waals surface area contributed by atoms with Crippen molar-refractivity contribution >= 4 is 37.8 Å². The highest BCUT2D eigenvalue weighted by molar-refractivity contribution is 9.10. The standard InChI is InChI=1S/C9H9Br2NO2/c1-2-14-9(13)7-6(5-10)3-4-12-8(7)11/h3-4H,2,5H2,1H3. The summed E-state index contributed by atoms with van der Waals surface area (Å²) < 4.78 is 5.44. The van der Waals surface area contributed by atoms with E-state index >= 15 is 0 Å².